The second-order valence-corrected chi connectivity index (χ2v) is 5.99. The van der Waals surface area contributed by atoms with Gasteiger partial charge in [-0.3, -0.25) is 0 Å². The summed E-state index contributed by atoms with van der Waals surface area (Å²) in [6.45, 7) is 9.11. The zero-order chi connectivity index (χ0) is 13.9. The molecule has 4 heteroatoms. The lowest BCUT2D eigenvalue weighted by Crippen LogP contribution is -2.42. The van der Waals surface area contributed by atoms with E-state index >= 15 is 0 Å². The maximum absolute atomic E-state index is 5.86. The van der Waals surface area contributed by atoms with Crippen molar-refractivity contribution < 1.29 is 4.74 Å². The highest BCUT2D eigenvalue weighted by molar-refractivity contribution is 5.52. The molecule has 2 rings (SSSR count). The van der Waals surface area contributed by atoms with Crippen molar-refractivity contribution >= 4 is 5.82 Å². The molecule has 19 heavy (non-hydrogen) atoms. The number of ether oxygens (including phenoxy) is 1. The van der Waals surface area contributed by atoms with Crippen LogP contribution in [0.15, 0.2) is 18.3 Å². The standard InChI is InChI=1S/C15H25N3O/c1-12(2)19-13-5-4-8-17-14(13)18-9-6-15(3,11-16)7-10-18/h4-5,8,12H,6-7,9-11,16H2,1-3H3. The Hall–Kier alpha value is -1.29. The van der Waals surface area contributed by atoms with Crippen LogP contribution in [0, 0.1) is 5.41 Å². The SMILES string of the molecule is CC(C)Oc1cccnc1N1CCC(C)(CN)CC1. The van der Waals surface area contributed by atoms with Crippen molar-refractivity contribution in [1.82, 2.24) is 4.98 Å². The van der Waals surface area contributed by atoms with Crippen LogP contribution >= 0.6 is 0 Å². The van der Waals surface area contributed by atoms with E-state index in [9.17, 15) is 0 Å². The molecular weight excluding hydrogens is 238 g/mol. The molecule has 0 spiro atoms. The van der Waals surface area contributed by atoms with E-state index in [-0.39, 0.29) is 11.5 Å². The normalized spacial score (nSPS) is 18.7. The lowest BCUT2D eigenvalue weighted by Gasteiger charge is -2.39. The Morgan fingerprint density at radius 2 is 2.11 bits per heavy atom. The zero-order valence-corrected chi connectivity index (χ0v) is 12.2. The van der Waals surface area contributed by atoms with Gasteiger partial charge in [-0.1, -0.05) is 6.92 Å². The highest BCUT2D eigenvalue weighted by Gasteiger charge is 2.30. The molecule has 1 aromatic heterocycles. The molecule has 2 heterocycles. The fraction of sp³-hybridized carbons (Fsp3) is 0.667. The lowest BCUT2D eigenvalue weighted by molar-refractivity contribution is 0.236. The molecule has 106 valence electrons. The Kier molecular flexibility index (Phi) is 4.30. The summed E-state index contributed by atoms with van der Waals surface area (Å²) in [5, 5.41) is 0. The van der Waals surface area contributed by atoms with Crippen molar-refractivity contribution in [2.45, 2.75) is 39.7 Å². The van der Waals surface area contributed by atoms with Crippen molar-refractivity contribution in [2.75, 3.05) is 24.5 Å². The van der Waals surface area contributed by atoms with Gasteiger partial charge in [-0.05, 0) is 50.8 Å². The molecule has 1 fully saturated rings. The molecular formula is C15H25N3O. The number of pyridine rings is 1. The van der Waals surface area contributed by atoms with E-state index in [1.807, 2.05) is 32.2 Å². The summed E-state index contributed by atoms with van der Waals surface area (Å²) >= 11 is 0. The van der Waals surface area contributed by atoms with Crippen molar-refractivity contribution in [2.24, 2.45) is 11.1 Å². The summed E-state index contributed by atoms with van der Waals surface area (Å²) in [5.74, 6) is 1.85. The van der Waals surface area contributed by atoms with E-state index in [0.29, 0.717) is 0 Å². The summed E-state index contributed by atoms with van der Waals surface area (Å²) in [4.78, 5) is 6.81. The van der Waals surface area contributed by atoms with E-state index in [1.165, 1.54) is 0 Å². The number of hydrogen-bond donors (Lipinski definition) is 1. The second-order valence-electron chi connectivity index (χ2n) is 5.99. The molecule has 0 bridgehead atoms. The van der Waals surface area contributed by atoms with E-state index in [4.69, 9.17) is 10.5 Å². The molecule has 2 N–H and O–H groups in total. The summed E-state index contributed by atoms with van der Waals surface area (Å²) in [7, 11) is 0. The topological polar surface area (TPSA) is 51.4 Å². The Labute approximate surface area is 116 Å². The minimum absolute atomic E-state index is 0.169. The van der Waals surface area contributed by atoms with Gasteiger partial charge in [0.15, 0.2) is 11.6 Å². The van der Waals surface area contributed by atoms with Gasteiger partial charge in [0.1, 0.15) is 0 Å². The minimum atomic E-state index is 0.169. The number of piperidine rings is 1. The van der Waals surface area contributed by atoms with Gasteiger partial charge in [0, 0.05) is 19.3 Å². The number of nitrogens with two attached hydrogens (primary N) is 1. The van der Waals surface area contributed by atoms with Crippen molar-refractivity contribution in [3.8, 4) is 5.75 Å². The van der Waals surface area contributed by atoms with Gasteiger partial charge in [-0.15, -0.1) is 0 Å². The second kappa shape index (κ2) is 5.78. The minimum Gasteiger partial charge on any atom is -0.487 e. The third-order valence-corrected chi connectivity index (χ3v) is 3.88. The van der Waals surface area contributed by atoms with Gasteiger partial charge in [-0.2, -0.15) is 0 Å². The van der Waals surface area contributed by atoms with Crippen LogP contribution in [-0.4, -0.2) is 30.7 Å². The van der Waals surface area contributed by atoms with Gasteiger partial charge in [0.25, 0.3) is 0 Å². The molecule has 1 aliphatic rings. The van der Waals surface area contributed by atoms with Crippen LogP contribution in [0.2, 0.25) is 0 Å². The summed E-state index contributed by atoms with van der Waals surface area (Å²) in [5.41, 5.74) is 6.14. The lowest BCUT2D eigenvalue weighted by atomic mass is 9.80. The first kappa shape index (κ1) is 14.1. The molecule has 0 atom stereocenters. The Bertz CT molecular complexity index is 412. The number of hydrogen-bond acceptors (Lipinski definition) is 4. The predicted molar refractivity (Wildman–Crippen MR) is 78.6 cm³/mol. The van der Waals surface area contributed by atoms with Crippen LogP contribution in [0.25, 0.3) is 0 Å². The predicted octanol–water partition coefficient (Wildman–Crippen LogP) is 2.43. The highest BCUT2D eigenvalue weighted by atomic mass is 16.5. The van der Waals surface area contributed by atoms with Gasteiger partial charge in [-0.25, -0.2) is 4.98 Å². The molecule has 1 aromatic rings. The maximum Gasteiger partial charge on any atom is 0.171 e. The Morgan fingerprint density at radius 1 is 1.42 bits per heavy atom. The average Bonchev–Trinajstić information content (AvgIpc) is 2.40. The van der Waals surface area contributed by atoms with Crippen LogP contribution in [0.4, 0.5) is 5.82 Å². The summed E-state index contributed by atoms with van der Waals surface area (Å²) in [6, 6.07) is 3.92. The summed E-state index contributed by atoms with van der Waals surface area (Å²) in [6.07, 6.45) is 4.23. The number of nitrogens with zero attached hydrogens (tertiary/aromatic N) is 2. The zero-order valence-electron chi connectivity index (χ0n) is 12.2. The molecule has 4 nitrogen and oxygen atoms in total. The highest BCUT2D eigenvalue weighted by Crippen LogP contribution is 2.34. The van der Waals surface area contributed by atoms with E-state index < -0.39 is 0 Å². The largest absolute Gasteiger partial charge is 0.487 e. The molecule has 1 aliphatic heterocycles. The fourth-order valence-corrected chi connectivity index (χ4v) is 2.43. The third kappa shape index (κ3) is 3.38. The Morgan fingerprint density at radius 3 is 2.68 bits per heavy atom. The molecule has 0 radical (unpaired) electrons. The Balaban J connectivity index is 2.11. The first-order valence-corrected chi connectivity index (χ1v) is 7.11. The van der Waals surface area contributed by atoms with Crippen LogP contribution in [0.1, 0.15) is 33.6 Å². The average molecular weight is 263 g/mol. The first-order valence-electron chi connectivity index (χ1n) is 7.11. The van der Waals surface area contributed by atoms with Crippen molar-refractivity contribution in [1.29, 1.82) is 0 Å². The first-order chi connectivity index (χ1) is 9.04. The van der Waals surface area contributed by atoms with Gasteiger partial charge in [0.2, 0.25) is 0 Å². The molecule has 1 saturated heterocycles. The van der Waals surface area contributed by atoms with E-state index in [2.05, 4.69) is 16.8 Å². The van der Waals surface area contributed by atoms with Gasteiger partial charge < -0.3 is 15.4 Å². The van der Waals surface area contributed by atoms with Crippen LogP contribution in [0.3, 0.4) is 0 Å². The number of rotatable bonds is 4. The monoisotopic (exact) mass is 263 g/mol. The van der Waals surface area contributed by atoms with Crippen LogP contribution in [-0.2, 0) is 0 Å². The molecule has 0 aromatic carbocycles. The van der Waals surface area contributed by atoms with Gasteiger partial charge in [0.05, 0.1) is 6.10 Å². The van der Waals surface area contributed by atoms with Crippen LogP contribution in [0.5, 0.6) is 5.75 Å². The number of aromatic nitrogens is 1. The van der Waals surface area contributed by atoms with Crippen molar-refractivity contribution in [3.05, 3.63) is 18.3 Å². The van der Waals surface area contributed by atoms with E-state index in [0.717, 1.165) is 44.0 Å². The quantitative estimate of drug-likeness (QED) is 0.906. The molecule has 0 amide bonds. The van der Waals surface area contributed by atoms with E-state index in [1.54, 1.807) is 0 Å². The van der Waals surface area contributed by atoms with Gasteiger partial charge >= 0.3 is 0 Å². The molecule has 0 saturated carbocycles. The molecule has 0 aliphatic carbocycles. The molecule has 0 unspecified atom stereocenters. The smallest absolute Gasteiger partial charge is 0.171 e. The fourth-order valence-electron chi connectivity index (χ4n) is 2.43. The van der Waals surface area contributed by atoms with Crippen LogP contribution < -0.4 is 15.4 Å². The van der Waals surface area contributed by atoms with Crippen molar-refractivity contribution in [3.63, 3.8) is 0 Å². The number of anilines is 1. The third-order valence-electron chi connectivity index (χ3n) is 3.88. The maximum atomic E-state index is 5.86. The summed E-state index contributed by atoms with van der Waals surface area (Å²) < 4.78 is 5.85.